The summed E-state index contributed by atoms with van der Waals surface area (Å²) >= 11 is 13.1. The molecule has 0 radical (unpaired) electrons. The average Bonchev–Trinajstić information content (AvgIpc) is 3.25. The van der Waals surface area contributed by atoms with E-state index in [-0.39, 0.29) is 18.0 Å². The predicted octanol–water partition coefficient (Wildman–Crippen LogP) is 4.65. The molecule has 0 saturated heterocycles. The fourth-order valence-corrected chi connectivity index (χ4v) is 4.70. The van der Waals surface area contributed by atoms with Crippen molar-refractivity contribution < 1.29 is 14.3 Å². The number of pyridine rings is 1. The van der Waals surface area contributed by atoms with Gasteiger partial charge in [0.1, 0.15) is 11.5 Å². The molecule has 1 aliphatic rings. The lowest BCUT2D eigenvalue weighted by Crippen LogP contribution is -2.42. The topological polar surface area (TPSA) is 98.3 Å². The summed E-state index contributed by atoms with van der Waals surface area (Å²) in [6.07, 6.45) is 7.41. The molecule has 0 aliphatic heterocycles. The number of ether oxygens (including phenoxy) is 2. The Labute approximate surface area is 201 Å². The van der Waals surface area contributed by atoms with Crippen LogP contribution in [0.15, 0.2) is 37.2 Å². The number of fused-ring (bicyclic) bond motifs is 1. The Morgan fingerprint density at radius 1 is 1.09 bits per heavy atom. The predicted molar refractivity (Wildman–Crippen MR) is 129 cm³/mol. The number of rotatable bonds is 7. The molecular weight excluding hydrogens is 465 g/mol. The number of halogens is 2. The Kier molecular flexibility index (Phi) is 6.85. The van der Waals surface area contributed by atoms with Crippen molar-refractivity contribution in [3.63, 3.8) is 0 Å². The Bertz CT molecular complexity index is 1190. The molecule has 8 nitrogen and oxygen atoms in total. The number of carbonyl (C=O) groups excluding carboxylic acids is 1. The van der Waals surface area contributed by atoms with E-state index in [0.717, 1.165) is 24.6 Å². The Balaban J connectivity index is 1.63. The van der Waals surface area contributed by atoms with Crippen molar-refractivity contribution in [2.24, 2.45) is 0 Å². The number of methoxy groups -OCH3 is 2. The molecule has 1 amide bonds. The van der Waals surface area contributed by atoms with Gasteiger partial charge in [-0.15, -0.1) is 0 Å². The first-order chi connectivity index (χ1) is 15.9. The highest BCUT2D eigenvalue weighted by molar-refractivity contribution is 6.41. The van der Waals surface area contributed by atoms with Crippen molar-refractivity contribution >= 4 is 46.1 Å². The zero-order valence-corrected chi connectivity index (χ0v) is 19.7. The number of aromatic nitrogens is 3. The van der Waals surface area contributed by atoms with E-state index in [2.05, 4.69) is 32.2 Å². The van der Waals surface area contributed by atoms with E-state index in [1.165, 1.54) is 20.3 Å². The fourth-order valence-electron chi connectivity index (χ4n) is 3.98. The van der Waals surface area contributed by atoms with Gasteiger partial charge in [-0.05, 0) is 31.4 Å². The second kappa shape index (κ2) is 9.80. The minimum absolute atomic E-state index is 0.00235. The molecule has 172 valence electrons. The van der Waals surface area contributed by atoms with Crippen molar-refractivity contribution in [1.29, 1.82) is 0 Å². The highest BCUT2D eigenvalue weighted by Gasteiger charge is 2.28. The number of benzene rings is 1. The molecule has 2 atom stereocenters. The van der Waals surface area contributed by atoms with Gasteiger partial charge in [-0.3, -0.25) is 4.79 Å². The Morgan fingerprint density at radius 2 is 1.79 bits per heavy atom. The van der Waals surface area contributed by atoms with Crippen LogP contribution in [-0.4, -0.2) is 47.2 Å². The van der Waals surface area contributed by atoms with E-state index in [1.807, 2.05) is 6.07 Å². The van der Waals surface area contributed by atoms with Gasteiger partial charge in [0.05, 0.1) is 24.3 Å². The fraction of sp³-hybridized carbons (Fsp3) is 0.304. The third kappa shape index (κ3) is 4.67. The van der Waals surface area contributed by atoms with Crippen molar-refractivity contribution in [3.05, 3.63) is 47.2 Å². The molecule has 0 spiro atoms. The van der Waals surface area contributed by atoms with Gasteiger partial charge < -0.3 is 20.1 Å². The molecular formula is C23H23Cl2N5O3. The van der Waals surface area contributed by atoms with Crippen LogP contribution in [0.4, 0.5) is 5.95 Å². The van der Waals surface area contributed by atoms with Crippen LogP contribution in [0, 0.1) is 0 Å². The number of amides is 1. The van der Waals surface area contributed by atoms with Gasteiger partial charge in [-0.1, -0.05) is 29.8 Å². The van der Waals surface area contributed by atoms with Crippen LogP contribution >= 0.6 is 23.2 Å². The van der Waals surface area contributed by atoms with Crippen LogP contribution in [0.25, 0.3) is 22.2 Å². The van der Waals surface area contributed by atoms with E-state index >= 15 is 0 Å². The average molecular weight is 488 g/mol. The molecule has 4 rings (SSSR count). The summed E-state index contributed by atoms with van der Waals surface area (Å²) in [4.78, 5) is 25.2. The summed E-state index contributed by atoms with van der Waals surface area (Å²) in [5.41, 5.74) is 1.75. The van der Waals surface area contributed by atoms with Crippen LogP contribution in [0.1, 0.15) is 19.3 Å². The highest BCUT2D eigenvalue weighted by atomic mass is 35.5. The lowest BCUT2D eigenvalue weighted by Gasteiger charge is -2.21. The van der Waals surface area contributed by atoms with E-state index in [4.69, 9.17) is 32.7 Å². The maximum absolute atomic E-state index is 11.7. The third-order valence-electron chi connectivity index (χ3n) is 5.64. The Morgan fingerprint density at radius 3 is 2.45 bits per heavy atom. The van der Waals surface area contributed by atoms with Gasteiger partial charge in [0.2, 0.25) is 11.9 Å². The second-order valence-corrected chi connectivity index (χ2v) is 8.37. The lowest BCUT2D eigenvalue weighted by atomic mass is 10.1. The van der Waals surface area contributed by atoms with Crippen LogP contribution in [0.5, 0.6) is 11.5 Å². The molecule has 1 saturated carbocycles. The number of carbonyl (C=O) groups is 1. The van der Waals surface area contributed by atoms with Gasteiger partial charge in [0.25, 0.3) is 0 Å². The molecule has 33 heavy (non-hydrogen) atoms. The first kappa shape index (κ1) is 23.1. The largest absolute Gasteiger partial charge is 0.495 e. The van der Waals surface area contributed by atoms with Gasteiger partial charge in [-0.25, -0.2) is 9.97 Å². The molecule has 0 bridgehead atoms. The van der Waals surface area contributed by atoms with Crippen molar-refractivity contribution in [2.75, 3.05) is 19.5 Å². The van der Waals surface area contributed by atoms with E-state index < -0.39 is 0 Å². The number of nitrogens with one attached hydrogen (secondary N) is 2. The van der Waals surface area contributed by atoms with Crippen molar-refractivity contribution in [2.45, 2.75) is 31.3 Å². The summed E-state index contributed by atoms with van der Waals surface area (Å²) < 4.78 is 10.7. The zero-order chi connectivity index (χ0) is 23.5. The smallest absolute Gasteiger partial charge is 0.243 e. The molecule has 2 heterocycles. The number of nitrogens with zero attached hydrogens (tertiary/aromatic N) is 3. The van der Waals surface area contributed by atoms with E-state index in [9.17, 15) is 4.79 Å². The SMILES string of the molecule is C=CC(=O)N[C@H]1CCC[C@H]1Nc1ncc2cc(-c3c(Cl)c(OC)cc(OC)c3Cl)cnc2n1. The van der Waals surface area contributed by atoms with Crippen molar-refractivity contribution in [3.8, 4) is 22.6 Å². The highest BCUT2D eigenvalue weighted by Crippen LogP contribution is 2.46. The van der Waals surface area contributed by atoms with E-state index in [0.29, 0.717) is 44.3 Å². The standard InChI is InChI=1S/C23H23Cl2N5O3/c1-4-18(31)28-14-6-5-7-15(14)29-23-27-11-13-8-12(10-26-22(13)30-23)19-20(24)16(32-2)9-17(33-3)21(19)25/h4,8-11,14-15H,1,5-7H2,2-3H3,(H,28,31)(H,26,27,29,30)/t14-,15+/m0/s1. The summed E-state index contributed by atoms with van der Waals surface area (Å²) in [5, 5.41) is 7.71. The van der Waals surface area contributed by atoms with Crippen molar-refractivity contribution in [1.82, 2.24) is 20.3 Å². The van der Waals surface area contributed by atoms with E-state index in [1.54, 1.807) is 18.5 Å². The lowest BCUT2D eigenvalue weighted by molar-refractivity contribution is -0.117. The summed E-state index contributed by atoms with van der Waals surface area (Å²) in [7, 11) is 3.05. The number of anilines is 1. The minimum atomic E-state index is -0.186. The first-order valence-electron chi connectivity index (χ1n) is 10.4. The molecule has 10 heteroatoms. The molecule has 1 fully saturated rings. The maximum Gasteiger partial charge on any atom is 0.243 e. The van der Waals surface area contributed by atoms with Crippen LogP contribution < -0.4 is 20.1 Å². The Hall–Kier alpha value is -3.10. The maximum atomic E-state index is 11.7. The monoisotopic (exact) mass is 487 g/mol. The molecule has 1 aromatic carbocycles. The molecule has 2 N–H and O–H groups in total. The molecule has 1 aliphatic carbocycles. The van der Waals surface area contributed by atoms with Crippen LogP contribution in [0.2, 0.25) is 10.0 Å². The van der Waals surface area contributed by atoms with Gasteiger partial charge in [0.15, 0.2) is 5.65 Å². The normalized spacial score (nSPS) is 17.6. The molecule has 3 aromatic rings. The van der Waals surface area contributed by atoms with Gasteiger partial charge in [0, 0.05) is 47.1 Å². The summed E-state index contributed by atoms with van der Waals surface area (Å²) in [6, 6.07) is 3.53. The van der Waals surface area contributed by atoms with Gasteiger partial charge in [-0.2, -0.15) is 4.98 Å². The first-order valence-corrected chi connectivity index (χ1v) is 11.1. The zero-order valence-electron chi connectivity index (χ0n) is 18.2. The van der Waals surface area contributed by atoms with Crippen LogP contribution in [-0.2, 0) is 4.79 Å². The summed E-state index contributed by atoms with van der Waals surface area (Å²) in [6.45, 7) is 3.51. The molecule has 0 unspecified atom stereocenters. The molecule has 2 aromatic heterocycles. The van der Waals surface area contributed by atoms with Crippen LogP contribution in [0.3, 0.4) is 0 Å². The van der Waals surface area contributed by atoms with Gasteiger partial charge >= 0.3 is 0 Å². The summed E-state index contributed by atoms with van der Waals surface area (Å²) in [5.74, 6) is 1.15. The number of hydrogen-bond acceptors (Lipinski definition) is 7. The minimum Gasteiger partial charge on any atom is -0.495 e. The second-order valence-electron chi connectivity index (χ2n) is 7.62. The number of hydrogen-bond donors (Lipinski definition) is 2. The third-order valence-corrected chi connectivity index (χ3v) is 6.39. The quantitative estimate of drug-likeness (QED) is 0.467.